The highest BCUT2D eigenvalue weighted by Gasteiger charge is 2.32. The molecule has 1 aliphatic rings. The normalized spacial score (nSPS) is 17.4. The zero-order chi connectivity index (χ0) is 17.1. The van der Waals surface area contributed by atoms with Crippen molar-refractivity contribution in [2.45, 2.75) is 58.6 Å². The minimum absolute atomic E-state index is 0.0216. The molecule has 2 rings (SSSR count). The minimum Gasteiger partial charge on any atom is -0.392 e. The molecule has 0 bridgehead atoms. The molecule has 4 heteroatoms. The summed E-state index contributed by atoms with van der Waals surface area (Å²) in [5.74, 6) is 0.762. The molecule has 0 radical (unpaired) electrons. The summed E-state index contributed by atoms with van der Waals surface area (Å²) in [5.41, 5.74) is 3.17. The van der Waals surface area contributed by atoms with Crippen LogP contribution in [0.25, 0.3) is 0 Å². The first-order valence-corrected chi connectivity index (χ1v) is 8.60. The number of benzene rings is 1. The third-order valence-corrected chi connectivity index (χ3v) is 4.86. The monoisotopic (exact) mass is 318 g/mol. The molecule has 1 aromatic carbocycles. The van der Waals surface area contributed by atoms with Crippen LogP contribution in [0.5, 0.6) is 0 Å². The predicted molar refractivity (Wildman–Crippen MR) is 94.7 cm³/mol. The largest absolute Gasteiger partial charge is 0.392 e. The number of nitrogens with zero attached hydrogens (tertiary/aromatic N) is 1. The number of aliphatic hydroxyl groups excluding tert-OH is 1. The van der Waals surface area contributed by atoms with E-state index in [0.717, 1.165) is 29.7 Å². The van der Waals surface area contributed by atoms with Crippen molar-refractivity contribution in [2.24, 2.45) is 5.92 Å². The summed E-state index contributed by atoms with van der Waals surface area (Å²) in [6.07, 6.45) is 1.90. The van der Waals surface area contributed by atoms with Gasteiger partial charge in [-0.25, -0.2) is 0 Å². The van der Waals surface area contributed by atoms with Gasteiger partial charge in [-0.05, 0) is 56.7 Å². The van der Waals surface area contributed by atoms with Crippen LogP contribution in [0.3, 0.4) is 0 Å². The van der Waals surface area contributed by atoms with Gasteiger partial charge in [-0.15, -0.1) is 0 Å². The standard InChI is InChI=1S/C19H30N2O2/c1-12(2)16-8-6-7-13(3)18(16)20-19(23)14(4)21(5)11-17(22)15-9-10-15/h6-8,12,14-15,17,22H,9-11H2,1-5H3,(H,20,23). The molecule has 2 N–H and O–H groups in total. The molecule has 1 aliphatic carbocycles. The number of likely N-dealkylation sites (N-methyl/N-ethyl adjacent to an activating group) is 1. The highest BCUT2D eigenvalue weighted by molar-refractivity contribution is 5.96. The van der Waals surface area contributed by atoms with E-state index in [1.165, 1.54) is 0 Å². The Balaban J connectivity index is 2.03. The quantitative estimate of drug-likeness (QED) is 0.812. The molecule has 0 aromatic heterocycles. The number of hydrogen-bond donors (Lipinski definition) is 2. The minimum atomic E-state index is -0.320. The molecule has 0 saturated heterocycles. The van der Waals surface area contributed by atoms with E-state index in [-0.39, 0.29) is 18.1 Å². The summed E-state index contributed by atoms with van der Waals surface area (Å²) in [5, 5.41) is 13.2. The van der Waals surface area contributed by atoms with Crippen LogP contribution < -0.4 is 5.32 Å². The molecule has 1 saturated carbocycles. The second kappa shape index (κ2) is 7.45. The van der Waals surface area contributed by atoms with E-state index in [2.05, 4.69) is 25.2 Å². The average molecular weight is 318 g/mol. The number of aliphatic hydroxyl groups is 1. The number of hydrogen-bond acceptors (Lipinski definition) is 3. The number of rotatable bonds is 7. The number of carbonyl (C=O) groups excluding carboxylic acids is 1. The molecular formula is C19H30N2O2. The van der Waals surface area contributed by atoms with Crippen LogP contribution in [-0.4, -0.2) is 41.7 Å². The molecule has 2 atom stereocenters. The van der Waals surface area contributed by atoms with Crippen LogP contribution in [0.1, 0.15) is 50.7 Å². The van der Waals surface area contributed by atoms with Crippen LogP contribution in [0.15, 0.2) is 18.2 Å². The van der Waals surface area contributed by atoms with Crippen molar-refractivity contribution in [3.05, 3.63) is 29.3 Å². The van der Waals surface area contributed by atoms with Crippen LogP contribution in [0, 0.1) is 12.8 Å². The van der Waals surface area contributed by atoms with Crippen LogP contribution >= 0.6 is 0 Å². The Morgan fingerprint density at radius 3 is 2.57 bits per heavy atom. The zero-order valence-electron chi connectivity index (χ0n) is 15.0. The lowest BCUT2D eigenvalue weighted by Crippen LogP contribution is -2.43. The van der Waals surface area contributed by atoms with E-state index in [0.29, 0.717) is 18.4 Å². The summed E-state index contributed by atoms with van der Waals surface area (Å²) in [7, 11) is 1.90. The maximum Gasteiger partial charge on any atom is 0.241 e. The summed E-state index contributed by atoms with van der Waals surface area (Å²) < 4.78 is 0. The lowest BCUT2D eigenvalue weighted by atomic mass is 9.98. The fraction of sp³-hybridized carbons (Fsp3) is 0.632. The SMILES string of the molecule is Cc1cccc(C(C)C)c1NC(=O)C(C)N(C)CC(O)C1CC1. The van der Waals surface area contributed by atoms with Gasteiger partial charge in [0, 0.05) is 12.2 Å². The van der Waals surface area contributed by atoms with Crippen molar-refractivity contribution in [2.75, 3.05) is 18.9 Å². The Kier molecular flexibility index (Phi) is 5.82. The van der Waals surface area contributed by atoms with Gasteiger partial charge in [-0.1, -0.05) is 32.0 Å². The molecule has 2 unspecified atom stereocenters. The molecule has 1 fully saturated rings. The van der Waals surface area contributed by atoms with Gasteiger partial charge < -0.3 is 10.4 Å². The number of amides is 1. The molecule has 0 spiro atoms. The van der Waals surface area contributed by atoms with Crippen molar-refractivity contribution in [1.82, 2.24) is 4.90 Å². The van der Waals surface area contributed by atoms with E-state index in [9.17, 15) is 9.90 Å². The first-order valence-electron chi connectivity index (χ1n) is 8.60. The second-order valence-corrected chi connectivity index (χ2v) is 7.20. The van der Waals surface area contributed by atoms with Gasteiger partial charge in [-0.2, -0.15) is 0 Å². The molecule has 1 amide bonds. The predicted octanol–water partition coefficient (Wildman–Crippen LogP) is 3.15. The van der Waals surface area contributed by atoms with E-state index in [1.807, 2.05) is 37.9 Å². The summed E-state index contributed by atoms with van der Waals surface area (Å²) >= 11 is 0. The third-order valence-electron chi connectivity index (χ3n) is 4.86. The number of anilines is 1. The van der Waals surface area contributed by atoms with E-state index < -0.39 is 0 Å². The van der Waals surface area contributed by atoms with Crippen LogP contribution in [-0.2, 0) is 4.79 Å². The first-order chi connectivity index (χ1) is 10.8. The smallest absolute Gasteiger partial charge is 0.241 e. The van der Waals surface area contributed by atoms with Crippen molar-refractivity contribution < 1.29 is 9.90 Å². The molecule has 128 valence electrons. The average Bonchev–Trinajstić information content (AvgIpc) is 3.32. The third kappa shape index (κ3) is 4.55. The molecule has 0 aliphatic heterocycles. The molecule has 23 heavy (non-hydrogen) atoms. The maximum atomic E-state index is 12.6. The van der Waals surface area contributed by atoms with E-state index >= 15 is 0 Å². The summed E-state index contributed by atoms with van der Waals surface area (Å²) in [6, 6.07) is 5.84. The number of para-hydroxylation sites is 1. The van der Waals surface area contributed by atoms with Crippen LogP contribution in [0.2, 0.25) is 0 Å². The Hall–Kier alpha value is -1.39. The Labute approximate surface area is 139 Å². The zero-order valence-corrected chi connectivity index (χ0v) is 15.0. The van der Waals surface area contributed by atoms with Gasteiger partial charge in [0.1, 0.15) is 0 Å². The summed E-state index contributed by atoms with van der Waals surface area (Å²) in [6.45, 7) is 8.72. The van der Waals surface area contributed by atoms with Crippen molar-refractivity contribution in [1.29, 1.82) is 0 Å². The highest BCUT2D eigenvalue weighted by atomic mass is 16.3. The molecule has 4 nitrogen and oxygen atoms in total. The lowest BCUT2D eigenvalue weighted by molar-refractivity contribution is -0.120. The van der Waals surface area contributed by atoms with Crippen molar-refractivity contribution >= 4 is 11.6 Å². The highest BCUT2D eigenvalue weighted by Crippen LogP contribution is 2.33. The Bertz CT molecular complexity index is 552. The first kappa shape index (κ1) is 18.0. The topological polar surface area (TPSA) is 52.6 Å². The van der Waals surface area contributed by atoms with Gasteiger partial charge in [0.25, 0.3) is 0 Å². The van der Waals surface area contributed by atoms with E-state index in [4.69, 9.17) is 0 Å². The van der Waals surface area contributed by atoms with Crippen molar-refractivity contribution in [3.8, 4) is 0 Å². The van der Waals surface area contributed by atoms with Gasteiger partial charge in [0.05, 0.1) is 12.1 Å². The number of aryl methyl sites for hydroxylation is 1. The Morgan fingerprint density at radius 1 is 1.35 bits per heavy atom. The maximum absolute atomic E-state index is 12.6. The molecular weight excluding hydrogens is 288 g/mol. The van der Waals surface area contributed by atoms with Gasteiger partial charge in [0.2, 0.25) is 5.91 Å². The van der Waals surface area contributed by atoms with Crippen molar-refractivity contribution in [3.63, 3.8) is 0 Å². The summed E-state index contributed by atoms with van der Waals surface area (Å²) in [4.78, 5) is 14.5. The van der Waals surface area contributed by atoms with Gasteiger partial charge in [-0.3, -0.25) is 9.69 Å². The molecule has 1 aromatic rings. The molecule has 0 heterocycles. The second-order valence-electron chi connectivity index (χ2n) is 7.20. The van der Waals surface area contributed by atoms with Gasteiger partial charge in [0.15, 0.2) is 0 Å². The van der Waals surface area contributed by atoms with E-state index in [1.54, 1.807) is 0 Å². The number of nitrogens with one attached hydrogen (secondary N) is 1. The van der Waals surface area contributed by atoms with Gasteiger partial charge >= 0.3 is 0 Å². The Morgan fingerprint density at radius 2 is 2.00 bits per heavy atom. The lowest BCUT2D eigenvalue weighted by Gasteiger charge is -2.27. The van der Waals surface area contributed by atoms with Crippen LogP contribution in [0.4, 0.5) is 5.69 Å². The number of carbonyl (C=O) groups is 1. The fourth-order valence-corrected chi connectivity index (χ4v) is 2.85. The fourth-order valence-electron chi connectivity index (χ4n) is 2.85.